The van der Waals surface area contributed by atoms with Crippen LogP contribution < -0.4 is 5.32 Å². The largest absolute Gasteiger partial charge is 0.315 e. The van der Waals surface area contributed by atoms with Gasteiger partial charge in [-0.25, -0.2) is 0 Å². The lowest BCUT2D eigenvalue weighted by atomic mass is 10.1. The van der Waals surface area contributed by atoms with Gasteiger partial charge >= 0.3 is 0 Å². The second kappa shape index (κ2) is 4.63. The number of thiophene rings is 1. The molecule has 1 N–H and O–H groups in total. The van der Waals surface area contributed by atoms with Crippen molar-refractivity contribution in [3.63, 3.8) is 0 Å². The maximum Gasteiger partial charge on any atom is 0.103 e. The number of hydrogen-bond donors (Lipinski definition) is 1. The summed E-state index contributed by atoms with van der Waals surface area (Å²) in [6.07, 6.45) is 2.48. The summed E-state index contributed by atoms with van der Waals surface area (Å²) in [6, 6.07) is 6.94. The fraction of sp³-hybridized carbons (Fsp3) is 0.462. The highest BCUT2D eigenvalue weighted by Gasteiger charge is 2.18. The summed E-state index contributed by atoms with van der Waals surface area (Å²) in [5.74, 6) is 0. The van der Waals surface area contributed by atoms with E-state index in [9.17, 15) is 0 Å². The molecule has 4 heteroatoms. The van der Waals surface area contributed by atoms with Crippen molar-refractivity contribution in [2.24, 2.45) is 0 Å². The van der Waals surface area contributed by atoms with Crippen molar-refractivity contribution < 1.29 is 0 Å². The summed E-state index contributed by atoms with van der Waals surface area (Å²) in [5, 5.41) is 10.3. The number of piperidine rings is 1. The molecule has 0 aromatic carbocycles. The van der Waals surface area contributed by atoms with Crippen LogP contribution in [0.3, 0.4) is 0 Å². The molecule has 1 saturated heterocycles. The highest BCUT2D eigenvalue weighted by molar-refractivity contribution is 7.13. The number of rotatable bonds is 2. The first-order chi connectivity index (χ1) is 8.34. The monoisotopic (exact) mass is 247 g/mol. The first-order valence-electron chi connectivity index (χ1n) is 6.15. The van der Waals surface area contributed by atoms with Gasteiger partial charge in [-0.3, -0.25) is 4.68 Å². The molecule has 2 aromatic rings. The number of aryl methyl sites for hydroxylation is 1. The molecule has 3 rings (SSSR count). The Balaban J connectivity index is 1.90. The maximum atomic E-state index is 4.76. The van der Waals surface area contributed by atoms with Gasteiger partial charge in [0.05, 0.1) is 10.9 Å². The van der Waals surface area contributed by atoms with Gasteiger partial charge in [-0.05, 0) is 43.8 Å². The minimum atomic E-state index is 0.525. The van der Waals surface area contributed by atoms with E-state index in [-0.39, 0.29) is 0 Å². The molecule has 0 amide bonds. The molecule has 0 spiro atoms. The van der Waals surface area contributed by atoms with Crippen LogP contribution in [0.15, 0.2) is 23.6 Å². The third-order valence-corrected chi connectivity index (χ3v) is 4.21. The van der Waals surface area contributed by atoms with E-state index < -0.39 is 0 Å². The van der Waals surface area contributed by atoms with Crippen LogP contribution in [0.5, 0.6) is 0 Å². The molecule has 0 bridgehead atoms. The lowest BCUT2D eigenvalue weighted by Gasteiger charge is -2.24. The van der Waals surface area contributed by atoms with Crippen LogP contribution in [-0.4, -0.2) is 22.9 Å². The Morgan fingerprint density at radius 3 is 3.18 bits per heavy atom. The van der Waals surface area contributed by atoms with Gasteiger partial charge in [0.2, 0.25) is 0 Å². The van der Waals surface area contributed by atoms with Crippen molar-refractivity contribution in [1.29, 1.82) is 0 Å². The lowest BCUT2D eigenvalue weighted by Crippen LogP contribution is -2.32. The molecule has 0 unspecified atom stereocenters. The predicted molar refractivity (Wildman–Crippen MR) is 71.4 cm³/mol. The average molecular weight is 247 g/mol. The molecule has 1 aliphatic heterocycles. The first-order valence-corrected chi connectivity index (χ1v) is 7.03. The van der Waals surface area contributed by atoms with Gasteiger partial charge in [0.1, 0.15) is 5.69 Å². The van der Waals surface area contributed by atoms with Crippen LogP contribution in [0.1, 0.15) is 24.6 Å². The fourth-order valence-electron chi connectivity index (χ4n) is 2.44. The number of hydrogen-bond acceptors (Lipinski definition) is 3. The normalized spacial score (nSPS) is 20.6. The third-order valence-electron chi connectivity index (χ3n) is 3.31. The van der Waals surface area contributed by atoms with E-state index in [4.69, 9.17) is 5.10 Å². The van der Waals surface area contributed by atoms with Crippen LogP contribution in [-0.2, 0) is 0 Å². The summed E-state index contributed by atoms with van der Waals surface area (Å²) >= 11 is 1.75. The van der Waals surface area contributed by atoms with E-state index in [1.54, 1.807) is 11.3 Å². The second-order valence-corrected chi connectivity index (χ2v) is 5.54. The molecule has 1 atom stereocenters. The van der Waals surface area contributed by atoms with Gasteiger partial charge in [-0.1, -0.05) is 6.07 Å². The van der Waals surface area contributed by atoms with Crippen LogP contribution >= 0.6 is 11.3 Å². The smallest absolute Gasteiger partial charge is 0.103 e. The molecular formula is C13H17N3S. The van der Waals surface area contributed by atoms with Gasteiger partial charge in [-0.15, -0.1) is 11.3 Å². The van der Waals surface area contributed by atoms with Gasteiger partial charge < -0.3 is 5.32 Å². The van der Waals surface area contributed by atoms with E-state index in [1.165, 1.54) is 23.4 Å². The summed E-state index contributed by atoms with van der Waals surface area (Å²) in [5.41, 5.74) is 2.38. The van der Waals surface area contributed by atoms with Gasteiger partial charge in [0.25, 0.3) is 0 Å². The van der Waals surface area contributed by atoms with Crippen LogP contribution in [0.25, 0.3) is 10.6 Å². The molecule has 0 aliphatic carbocycles. The zero-order valence-electron chi connectivity index (χ0n) is 10.0. The van der Waals surface area contributed by atoms with Crippen molar-refractivity contribution in [2.75, 3.05) is 13.1 Å². The van der Waals surface area contributed by atoms with E-state index in [2.05, 4.69) is 40.5 Å². The van der Waals surface area contributed by atoms with Crippen molar-refractivity contribution in [1.82, 2.24) is 15.1 Å². The average Bonchev–Trinajstić information content (AvgIpc) is 2.99. The third kappa shape index (κ3) is 2.15. The van der Waals surface area contributed by atoms with E-state index >= 15 is 0 Å². The van der Waals surface area contributed by atoms with Crippen LogP contribution in [0.2, 0.25) is 0 Å². The Labute approximate surface area is 105 Å². The predicted octanol–water partition coefficient (Wildman–Crippen LogP) is 2.84. The Bertz CT molecular complexity index is 481. The maximum absolute atomic E-state index is 4.76. The SMILES string of the molecule is Cc1cc(-c2cccs2)nn1[C@@H]1CCCNC1. The molecular weight excluding hydrogens is 230 g/mol. The Morgan fingerprint density at radius 1 is 1.53 bits per heavy atom. The molecule has 0 radical (unpaired) electrons. The van der Waals surface area contributed by atoms with Crippen molar-refractivity contribution in [2.45, 2.75) is 25.8 Å². The Kier molecular flexibility index (Phi) is 2.99. The highest BCUT2D eigenvalue weighted by Crippen LogP contribution is 2.26. The second-order valence-electron chi connectivity index (χ2n) is 4.59. The summed E-state index contributed by atoms with van der Waals surface area (Å²) < 4.78 is 2.20. The standard InChI is InChI=1S/C13H17N3S/c1-10-8-12(13-5-3-7-17-13)15-16(10)11-4-2-6-14-9-11/h3,5,7-8,11,14H,2,4,6,9H2,1H3/t11-/m1/s1. The fourth-order valence-corrected chi connectivity index (χ4v) is 3.13. The molecule has 2 aromatic heterocycles. The van der Waals surface area contributed by atoms with Gasteiger partial charge in [0, 0.05) is 12.2 Å². The van der Waals surface area contributed by atoms with Crippen molar-refractivity contribution in [3.05, 3.63) is 29.3 Å². The lowest BCUT2D eigenvalue weighted by molar-refractivity contribution is 0.342. The molecule has 1 aliphatic rings. The minimum absolute atomic E-state index is 0.525. The van der Waals surface area contributed by atoms with Crippen molar-refractivity contribution >= 4 is 11.3 Å². The molecule has 17 heavy (non-hydrogen) atoms. The molecule has 1 fully saturated rings. The van der Waals surface area contributed by atoms with Crippen molar-refractivity contribution in [3.8, 4) is 10.6 Å². The summed E-state index contributed by atoms with van der Waals surface area (Å²) in [7, 11) is 0. The van der Waals surface area contributed by atoms with Crippen LogP contribution in [0, 0.1) is 6.92 Å². The zero-order valence-corrected chi connectivity index (χ0v) is 10.8. The quantitative estimate of drug-likeness (QED) is 0.884. The van der Waals surface area contributed by atoms with E-state index in [1.807, 2.05) is 0 Å². The van der Waals surface area contributed by atoms with Crippen LogP contribution in [0.4, 0.5) is 0 Å². The minimum Gasteiger partial charge on any atom is -0.315 e. The first kappa shape index (κ1) is 11.0. The molecule has 0 saturated carbocycles. The van der Waals surface area contributed by atoms with E-state index in [0.717, 1.165) is 18.8 Å². The zero-order chi connectivity index (χ0) is 11.7. The topological polar surface area (TPSA) is 29.9 Å². The number of nitrogens with one attached hydrogen (secondary N) is 1. The van der Waals surface area contributed by atoms with E-state index in [0.29, 0.717) is 6.04 Å². The van der Waals surface area contributed by atoms with Gasteiger partial charge in [-0.2, -0.15) is 5.10 Å². The van der Waals surface area contributed by atoms with Gasteiger partial charge in [0.15, 0.2) is 0 Å². The number of nitrogens with zero attached hydrogens (tertiary/aromatic N) is 2. The number of aromatic nitrogens is 2. The molecule has 3 heterocycles. The Morgan fingerprint density at radius 2 is 2.47 bits per heavy atom. The summed E-state index contributed by atoms with van der Waals surface area (Å²) in [6.45, 7) is 4.35. The molecule has 3 nitrogen and oxygen atoms in total. The highest BCUT2D eigenvalue weighted by atomic mass is 32.1. The Hall–Kier alpha value is -1.13. The molecule has 90 valence electrons. The summed E-state index contributed by atoms with van der Waals surface area (Å²) in [4.78, 5) is 1.26.